The molecule has 0 saturated carbocycles. The minimum absolute atomic E-state index is 0.00666. The Kier molecular flexibility index (Phi) is 10.7. The van der Waals surface area contributed by atoms with Crippen LogP contribution in [0.5, 0.6) is 5.75 Å². The summed E-state index contributed by atoms with van der Waals surface area (Å²) in [6.45, 7) is 6.40. The van der Waals surface area contributed by atoms with Crippen LogP contribution in [-0.4, -0.2) is 113 Å². The summed E-state index contributed by atoms with van der Waals surface area (Å²) < 4.78 is 88.0. The summed E-state index contributed by atoms with van der Waals surface area (Å²) >= 11 is 0. The third kappa shape index (κ3) is 9.52. The molecule has 4 rings (SSSR count). The van der Waals surface area contributed by atoms with E-state index in [2.05, 4.69) is 5.32 Å². The average molecular weight is 714 g/mol. The third-order valence-electron chi connectivity index (χ3n) is 7.44. The van der Waals surface area contributed by atoms with Crippen molar-refractivity contribution in [1.29, 1.82) is 0 Å². The zero-order valence-corrected chi connectivity index (χ0v) is 29.0. The van der Waals surface area contributed by atoms with Gasteiger partial charge in [-0.2, -0.15) is 0 Å². The Labute approximate surface area is 275 Å². The Hall–Kier alpha value is -3.54. The minimum Gasteiger partial charge on any atom is -0.458 e. The molecule has 47 heavy (non-hydrogen) atoms. The van der Waals surface area contributed by atoms with E-state index in [1.54, 1.807) is 27.7 Å². The highest BCUT2D eigenvalue weighted by Gasteiger charge is 2.45. The molecule has 0 radical (unpaired) electrons. The quantitative estimate of drug-likeness (QED) is 0.384. The van der Waals surface area contributed by atoms with Crippen LogP contribution in [0.15, 0.2) is 53.4 Å². The van der Waals surface area contributed by atoms with E-state index in [9.17, 15) is 39.6 Å². The highest BCUT2D eigenvalue weighted by Crippen LogP contribution is 2.26. The molecule has 0 bridgehead atoms. The lowest BCUT2D eigenvalue weighted by Crippen LogP contribution is -2.60. The smallest absolute Gasteiger partial charge is 0.415 e. The maximum atomic E-state index is 14.2. The molecule has 2 amide bonds. The Morgan fingerprint density at radius 1 is 0.936 bits per heavy atom. The number of nitrogens with zero attached hydrogens (tertiary/aromatic N) is 2. The summed E-state index contributed by atoms with van der Waals surface area (Å²) in [7, 11) is -11.6. The molecule has 2 aliphatic rings. The molecule has 2 aromatic carbocycles. The van der Waals surface area contributed by atoms with E-state index < -0.39 is 71.1 Å². The fourth-order valence-corrected chi connectivity index (χ4v) is 9.10. The van der Waals surface area contributed by atoms with Crippen LogP contribution in [0, 0.1) is 6.92 Å². The van der Waals surface area contributed by atoms with Crippen LogP contribution in [0.25, 0.3) is 0 Å². The van der Waals surface area contributed by atoms with Gasteiger partial charge in [-0.3, -0.25) is 4.79 Å². The number of nitrogens with one attached hydrogen (secondary N) is 1. The molecule has 1 N–H and O–H groups in total. The Bertz CT molecular complexity index is 1810. The van der Waals surface area contributed by atoms with E-state index in [0.717, 1.165) is 5.56 Å². The highest BCUT2D eigenvalue weighted by molar-refractivity contribution is 7.91. The molecule has 2 fully saturated rings. The van der Waals surface area contributed by atoms with Gasteiger partial charge in [0.25, 0.3) is 15.9 Å². The van der Waals surface area contributed by atoms with Gasteiger partial charge in [0.15, 0.2) is 19.7 Å². The van der Waals surface area contributed by atoms with Crippen LogP contribution in [0.3, 0.4) is 0 Å². The van der Waals surface area contributed by atoms with E-state index >= 15 is 0 Å². The van der Waals surface area contributed by atoms with Crippen molar-refractivity contribution < 1.29 is 49.1 Å². The molecule has 14 nitrogen and oxygen atoms in total. The molecule has 17 heteroatoms. The number of benzene rings is 2. The van der Waals surface area contributed by atoms with Gasteiger partial charge < -0.3 is 19.7 Å². The van der Waals surface area contributed by atoms with E-state index in [1.807, 2.05) is 0 Å². The normalized spacial score (nSPS) is 20.1. The lowest BCUT2D eigenvalue weighted by molar-refractivity contribution is -0.162. The fraction of sp³-hybridized carbons (Fsp3) is 0.500. The van der Waals surface area contributed by atoms with Crippen molar-refractivity contribution in [1.82, 2.24) is 14.5 Å². The molecule has 2 saturated heterocycles. The van der Waals surface area contributed by atoms with Crippen molar-refractivity contribution in [3.63, 3.8) is 0 Å². The van der Waals surface area contributed by atoms with Gasteiger partial charge in [-0.1, -0.05) is 29.8 Å². The highest BCUT2D eigenvalue weighted by atomic mass is 32.2. The van der Waals surface area contributed by atoms with Crippen molar-refractivity contribution in [3.8, 4) is 5.75 Å². The van der Waals surface area contributed by atoms with E-state index in [0.29, 0.717) is 9.87 Å². The Balaban J connectivity index is 1.69. The average Bonchev–Trinajstić information content (AvgIpc) is 2.96. The molecule has 2 heterocycles. The molecule has 0 aromatic heterocycles. The van der Waals surface area contributed by atoms with Crippen LogP contribution in [0.4, 0.5) is 4.79 Å². The SMILES string of the molecule is Cc1ccc(S(=O)(=O)N(C(=O)C2CS(=O)(=O)CCN2)[C@@H](Cc2ccc(OC(=O)N3CCS(=O)(=O)CC3)cc2)C(=O)OC(C)(C)C)cc1. The molecule has 0 aliphatic carbocycles. The fourth-order valence-electron chi connectivity index (χ4n) is 4.97. The number of ether oxygens (including phenoxy) is 2. The second kappa shape index (κ2) is 13.9. The maximum absolute atomic E-state index is 14.2. The number of carbonyl (C=O) groups excluding carboxylic acids is 3. The summed E-state index contributed by atoms with van der Waals surface area (Å²) in [5, 5.41) is 2.78. The van der Waals surface area contributed by atoms with Crippen molar-refractivity contribution >= 4 is 47.7 Å². The molecule has 1 unspecified atom stereocenters. The van der Waals surface area contributed by atoms with Gasteiger partial charge in [0.1, 0.15) is 23.4 Å². The summed E-state index contributed by atoms with van der Waals surface area (Å²) in [6, 6.07) is 8.25. The van der Waals surface area contributed by atoms with Crippen LogP contribution in [0.1, 0.15) is 31.9 Å². The first-order chi connectivity index (χ1) is 21.8. The largest absolute Gasteiger partial charge is 0.458 e. The summed E-state index contributed by atoms with van der Waals surface area (Å²) in [5.74, 6) is -3.28. The third-order valence-corrected chi connectivity index (χ3v) is 12.5. The van der Waals surface area contributed by atoms with Gasteiger partial charge in [-0.15, -0.1) is 0 Å². The predicted molar refractivity (Wildman–Crippen MR) is 172 cm³/mol. The summed E-state index contributed by atoms with van der Waals surface area (Å²) in [5.41, 5.74) is 0.0400. The number of carbonyl (C=O) groups is 3. The number of sulfone groups is 2. The van der Waals surface area contributed by atoms with Gasteiger partial charge in [0.2, 0.25) is 0 Å². The van der Waals surface area contributed by atoms with Gasteiger partial charge in [-0.25, -0.2) is 39.1 Å². The van der Waals surface area contributed by atoms with Crippen LogP contribution in [-0.2, 0) is 50.4 Å². The van der Waals surface area contributed by atoms with Gasteiger partial charge in [0, 0.05) is 26.1 Å². The van der Waals surface area contributed by atoms with E-state index in [1.165, 1.54) is 53.4 Å². The maximum Gasteiger partial charge on any atom is 0.415 e. The van der Waals surface area contributed by atoms with Crippen LogP contribution in [0.2, 0.25) is 0 Å². The standard InChI is InChI=1S/C30H39N3O11S3/c1-21-5-11-24(12-6-21)47(41,42)33(27(34)25-20-46(39,40)16-13-31-25)26(28(35)44-30(2,3)4)19-22-7-9-23(10-8-22)43-29(36)32-14-17-45(37,38)18-15-32/h5-12,25-26,31H,13-20H2,1-4H3/t25?,26-/m0/s1. The molecular formula is C30H39N3O11S3. The summed E-state index contributed by atoms with van der Waals surface area (Å²) in [6.07, 6.45) is -1.10. The van der Waals surface area contributed by atoms with Crippen LogP contribution < -0.4 is 10.1 Å². The number of rotatable bonds is 8. The number of sulfonamides is 1. The number of amides is 2. The monoisotopic (exact) mass is 713 g/mol. The van der Waals surface area contributed by atoms with Crippen molar-refractivity contribution in [3.05, 3.63) is 59.7 Å². The van der Waals surface area contributed by atoms with Crippen molar-refractivity contribution in [2.45, 2.75) is 56.7 Å². The molecule has 258 valence electrons. The van der Waals surface area contributed by atoms with E-state index in [4.69, 9.17) is 9.47 Å². The topological polar surface area (TPSA) is 191 Å². The summed E-state index contributed by atoms with van der Waals surface area (Å²) in [4.78, 5) is 41.4. The van der Waals surface area contributed by atoms with Crippen molar-refractivity contribution in [2.24, 2.45) is 0 Å². The molecular weight excluding hydrogens is 675 g/mol. The molecule has 2 aliphatic heterocycles. The Morgan fingerprint density at radius 2 is 1.53 bits per heavy atom. The number of aryl methyl sites for hydroxylation is 1. The zero-order chi connectivity index (χ0) is 34.8. The first-order valence-electron chi connectivity index (χ1n) is 14.8. The number of hydrogen-bond donors (Lipinski definition) is 1. The lowest BCUT2D eigenvalue weighted by Gasteiger charge is -2.35. The first-order valence-corrected chi connectivity index (χ1v) is 19.9. The zero-order valence-electron chi connectivity index (χ0n) is 26.5. The second-order valence-corrected chi connectivity index (χ2v) is 18.8. The number of hydrogen-bond acceptors (Lipinski definition) is 12. The second-order valence-electron chi connectivity index (χ2n) is 12.5. The van der Waals surface area contributed by atoms with E-state index in [-0.39, 0.29) is 54.0 Å². The van der Waals surface area contributed by atoms with Gasteiger partial charge >= 0.3 is 12.1 Å². The van der Waals surface area contributed by atoms with Crippen molar-refractivity contribution in [2.75, 3.05) is 42.6 Å². The predicted octanol–water partition coefficient (Wildman–Crippen LogP) is 1.08. The first kappa shape index (κ1) is 36.3. The van der Waals surface area contributed by atoms with Crippen LogP contribution >= 0.6 is 0 Å². The molecule has 0 spiro atoms. The molecule has 2 aromatic rings. The number of esters is 1. The minimum atomic E-state index is -4.74. The lowest BCUT2D eigenvalue weighted by atomic mass is 10.0. The van der Waals surface area contributed by atoms with Gasteiger partial charge in [0.05, 0.1) is 27.9 Å². The Morgan fingerprint density at radius 3 is 2.09 bits per heavy atom. The molecule has 2 atom stereocenters. The van der Waals surface area contributed by atoms with Gasteiger partial charge in [-0.05, 0) is 57.5 Å².